The zero-order valence-electron chi connectivity index (χ0n) is 15.9. The number of methoxy groups -OCH3 is 1. The van der Waals surface area contributed by atoms with Crippen LogP contribution in [0.25, 0.3) is 0 Å². The van der Waals surface area contributed by atoms with Gasteiger partial charge in [-0.3, -0.25) is 4.99 Å². The van der Waals surface area contributed by atoms with E-state index in [9.17, 15) is 0 Å². The maximum absolute atomic E-state index is 5.51. The summed E-state index contributed by atoms with van der Waals surface area (Å²) in [6.07, 6.45) is 3.70. The summed E-state index contributed by atoms with van der Waals surface area (Å²) in [5, 5.41) is 3.54. The summed E-state index contributed by atoms with van der Waals surface area (Å²) in [5.74, 6) is 1.82. The number of guanidine groups is 1. The highest BCUT2D eigenvalue weighted by Gasteiger charge is 2.42. The molecule has 142 valence electrons. The van der Waals surface area contributed by atoms with Crippen LogP contribution in [0, 0.1) is 5.41 Å². The first-order valence-corrected chi connectivity index (χ1v) is 8.75. The minimum Gasteiger partial charge on any atom is -0.497 e. The normalized spacial score (nSPS) is 15.3. The van der Waals surface area contributed by atoms with E-state index in [0.717, 1.165) is 44.4 Å². The summed E-state index contributed by atoms with van der Waals surface area (Å²) in [5.41, 5.74) is 1.64. The molecule has 1 saturated carbocycles. The van der Waals surface area contributed by atoms with Gasteiger partial charge in [-0.2, -0.15) is 0 Å². The average Bonchev–Trinajstić information content (AvgIpc) is 3.36. The summed E-state index contributed by atoms with van der Waals surface area (Å²) in [7, 11) is 5.60. The number of hydrogen-bond acceptors (Lipinski definition) is 3. The Morgan fingerprint density at radius 2 is 1.96 bits per heavy atom. The molecule has 25 heavy (non-hydrogen) atoms. The van der Waals surface area contributed by atoms with Crippen LogP contribution in [0.4, 0.5) is 0 Å². The number of ether oxygens (including phenoxy) is 2. The lowest BCUT2D eigenvalue weighted by atomic mass is 10.0. The van der Waals surface area contributed by atoms with Gasteiger partial charge in [-0.1, -0.05) is 12.1 Å². The van der Waals surface area contributed by atoms with E-state index in [1.807, 2.05) is 26.1 Å². The zero-order chi connectivity index (χ0) is 17.4. The molecule has 1 aliphatic carbocycles. The van der Waals surface area contributed by atoms with Crippen molar-refractivity contribution in [3.63, 3.8) is 0 Å². The van der Waals surface area contributed by atoms with Gasteiger partial charge in [0.1, 0.15) is 5.75 Å². The minimum atomic E-state index is 0. The largest absolute Gasteiger partial charge is 0.497 e. The van der Waals surface area contributed by atoms with Crippen LogP contribution in [0.1, 0.15) is 31.7 Å². The van der Waals surface area contributed by atoms with Crippen molar-refractivity contribution in [1.29, 1.82) is 0 Å². The Hall–Kier alpha value is -1.02. The van der Waals surface area contributed by atoms with Gasteiger partial charge in [-0.25, -0.2) is 0 Å². The van der Waals surface area contributed by atoms with E-state index in [1.54, 1.807) is 7.11 Å². The predicted molar refractivity (Wildman–Crippen MR) is 114 cm³/mol. The molecule has 0 spiro atoms. The molecule has 1 N–H and O–H groups in total. The number of rotatable bonds is 9. The molecular weight excluding hydrogens is 429 g/mol. The van der Waals surface area contributed by atoms with Crippen molar-refractivity contribution in [2.75, 3.05) is 41.0 Å². The van der Waals surface area contributed by atoms with E-state index in [4.69, 9.17) is 9.47 Å². The molecule has 2 rings (SSSR count). The molecule has 0 saturated heterocycles. The molecule has 0 bridgehead atoms. The second kappa shape index (κ2) is 10.9. The third kappa shape index (κ3) is 7.01. The maximum Gasteiger partial charge on any atom is 0.193 e. The van der Waals surface area contributed by atoms with E-state index in [0.29, 0.717) is 5.41 Å². The Morgan fingerprint density at radius 3 is 2.48 bits per heavy atom. The Morgan fingerprint density at radius 1 is 1.28 bits per heavy atom. The maximum atomic E-state index is 5.51. The van der Waals surface area contributed by atoms with Crippen LogP contribution in [0.3, 0.4) is 0 Å². The van der Waals surface area contributed by atoms with Crippen LogP contribution in [0.15, 0.2) is 29.3 Å². The first-order chi connectivity index (χ1) is 11.6. The standard InChI is InChI=1S/C19H31N3O2.HI/c1-5-24-13-12-19(10-11-19)15-21-18(20-2)22(3)14-16-6-8-17(23-4)9-7-16;/h6-9H,5,10-15H2,1-4H3,(H,20,21);1H. The van der Waals surface area contributed by atoms with Gasteiger partial charge < -0.3 is 19.7 Å². The predicted octanol–water partition coefficient (Wildman–Crippen LogP) is 3.53. The number of halogens is 1. The lowest BCUT2D eigenvalue weighted by Gasteiger charge is -2.25. The first-order valence-electron chi connectivity index (χ1n) is 8.75. The second-order valence-corrected chi connectivity index (χ2v) is 6.55. The van der Waals surface area contributed by atoms with Crippen molar-refractivity contribution >= 4 is 29.9 Å². The lowest BCUT2D eigenvalue weighted by molar-refractivity contribution is 0.128. The average molecular weight is 461 g/mol. The number of hydrogen-bond donors (Lipinski definition) is 1. The van der Waals surface area contributed by atoms with Gasteiger partial charge in [0.05, 0.1) is 7.11 Å². The number of aliphatic imine (C=N–C) groups is 1. The van der Waals surface area contributed by atoms with Crippen molar-refractivity contribution in [2.24, 2.45) is 10.4 Å². The molecular formula is C19H32IN3O2. The molecule has 6 heteroatoms. The van der Waals surface area contributed by atoms with Gasteiger partial charge in [0.2, 0.25) is 0 Å². The molecule has 0 radical (unpaired) electrons. The molecule has 1 aromatic rings. The van der Waals surface area contributed by atoms with Gasteiger partial charge >= 0.3 is 0 Å². The molecule has 1 aliphatic rings. The van der Waals surface area contributed by atoms with E-state index in [1.165, 1.54) is 18.4 Å². The fraction of sp³-hybridized carbons (Fsp3) is 0.632. The molecule has 5 nitrogen and oxygen atoms in total. The molecule has 0 amide bonds. The number of nitrogens with one attached hydrogen (secondary N) is 1. The third-order valence-corrected chi connectivity index (χ3v) is 4.71. The van der Waals surface area contributed by atoms with Crippen LogP contribution >= 0.6 is 24.0 Å². The molecule has 1 fully saturated rings. The van der Waals surface area contributed by atoms with Gasteiger partial charge in [0.25, 0.3) is 0 Å². The van der Waals surface area contributed by atoms with Crippen LogP contribution in [-0.4, -0.2) is 51.8 Å². The summed E-state index contributed by atoms with van der Waals surface area (Å²) < 4.78 is 10.7. The highest BCUT2D eigenvalue weighted by atomic mass is 127. The molecule has 1 aromatic carbocycles. The summed E-state index contributed by atoms with van der Waals surface area (Å²) in [4.78, 5) is 6.57. The van der Waals surface area contributed by atoms with E-state index < -0.39 is 0 Å². The Balaban J connectivity index is 0.00000312. The Labute approximate surface area is 169 Å². The number of nitrogens with zero attached hydrogens (tertiary/aromatic N) is 2. The second-order valence-electron chi connectivity index (χ2n) is 6.55. The van der Waals surface area contributed by atoms with Gasteiger partial charge in [0, 0.05) is 40.4 Å². The van der Waals surface area contributed by atoms with E-state index >= 15 is 0 Å². The molecule has 0 heterocycles. The van der Waals surface area contributed by atoms with Crippen LogP contribution < -0.4 is 10.1 Å². The van der Waals surface area contributed by atoms with Crippen molar-refractivity contribution in [1.82, 2.24) is 10.2 Å². The van der Waals surface area contributed by atoms with Crippen LogP contribution in [0.5, 0.6) is 5.75 Å². The minimum absolute atomic E-state index is 0. The smallest absolute Gasteiger partial charge is 0.193 e. The number of benzene rings is 1. The highest BCUT2D eigenvalue weighted by molar-refractivity contribution is 14.0. The zero-order valence-corrected chi connectivity index (χ0v) is 18.2. The fourth-order valence-corrected chi connectivity index (χ4v) is 2.86. The van der Waals surface area contributed by atoms with Crippen molar-refractivity contribution in [3.8, 4) is 5.75 Å². The molecule has 0 aromatic heterocycles. The van der Waals surface area contributed by atoms with Gasteiger partial charge in [0.15, 0.2) is 5.96 Å². The van der Waals surface area contributed by atoms with Crippen LogP contribution in [0.2, 0.25) is 0 Å². The third-order valence-electron chi connectivity index (χ3n) is 4.71. The highest BCUT2D eigenvalue weighted by Crippen LogP contribution is 2.48. The topological polar surface area (TPSA) is 46.1 Å². The Bertz CT molecular complexity index is 530. The SMILES string of the molecule is CCOCCC1(CNC(=NC)N(C)Cc2ccc(OC)cc2)CC1.I. The Kier molecular flexibility index (Phi) is 9.56. The van der Waals surface area contributed by atoms with Gasteiger partial charge in [-0.15, -0.1) is 24.0 Å². The van der Waals surface area contributed by atoms with Crippen molar-refractivity contribution in [2.45, 2.75) is 32.7 Å². The van der Waals surface area contributed by atoms with Crippen LogP contribution in [-0.2, 0) is 11.3 Å². The fourth-order valence-electron chi connectivity index (χ4n) is 2.86. The van der Waals surface area contributed by atoms with Gasteiger partial charge in [-0.05, 0) is 49.3 Å². The van der Waals surface area contributed by atoms with E-state index in [2.05, 4.69) is 34.4 Å². The lowest BCUT2D eigenvalue weighted by Crippen LogP contribution is -2.41. The monoisotopic (exact) mass is 461 g/mol. The summed E-state index contributed by atoms with van der Waals surface area (Å²) in [6.45, 7) is 5.50. The van der Waals surface area contributed by atoms with Crippen molar-refractivity contribution in [3.05, 3.63) is 29.8 Å². The first kappa shape index (κ1) is 22.0. The molecule has 0 unspecified atom stereocenters. The summed E-state index contributed by atoms with van der Waals surface area (Å²) >= 11 is 0. The summed E-state index contributed by atoms with van der Waals surface area (Å²) in [6, 6.07) is 8.17. The quantitative estimate of drug-likeness (QED) is 0.265. The van der Waals surface area contributed by atoms with Crippen molar-refractivity contribution < 1.29 is 9.47 Å². The van der Waals surface area contributed by atoms with E-state index in [-0.39, 0.29) is 24.0 Å². The molecule has 0 aliphatic heterocycles. The molecule has 0 atom stereocenters.